The fraction of sp³-hybridized carbons (Fsp3) is 0.900. The molecule has 0 saturated heterocycles. The average Bonchev–Trinajstić information content (AvgIpc) is 3.23. The van der Waals surface area contributed by atoms with Crippen LogP contribution in [0, 0.1) is 17.3 Å². The molecule has 0 heterocycles. The molecule has 0 amide bonds. The molecule has 0 N–H and O–H groups in total. The topological polar surface area (TPSA) is 135 Å². The molecule has 0 aromatic heterocycles. The van der Waals surface area contributed by atoms with Gasteiger partial charge in [0.25, 0.3) is 0 Å². The van der Waals surface area contributed by atoms with E-state index in [2.05, 4.69) is 34.6 Å². The Kier molecular flexibility index (Phi) is 38.3. The van der Waals surface area contributed by atoms with Crippen LogP contribution in [0.3, 0.4) is 0 Å². The Morgan fingerprint density at radius 1 is 0.393 bits per heavy atom. The molecule has 0 saturated carbocycles. The Bertz CT molecular complexity index is 1050. The quantitative estimate of drug-likeness (QED) is 0.0329. The number of carbonyl (C=O) groups is 5. The molecular formula is C50H93NO10. The summed E-state index contributed by atoms with van der Waals surface area (Å²) >= 11 is 0. The lowest BCUT2D eigenvalue weighted by atomic mass is 9.90. The van der Waals surface area contributed by atoms with Crippen molar-refractivity contribution in [3.05, 3.63) is 0 Å². The van der Waals surface area contributed by atoms with Crippen LogP contribution in [0.1, 0.15) is 221 Å². The van der Waals surface area contributed by atoms with Crippen LogP contribution in [0.4, 0.5) is 0 Å². The maximum absolute atomic E-state index is 13.5. The molecule has 11 nitrogen and oxygen atoms in total. The number of unbranched alkanes of at least 4 members (excludes halogenated alkanes) is 13. The third-order valence-electron chi connectivity index (χ3n) is 11.4. The molecule has 0 radical (unpaired) electrons. The molecule has 0 atom stereocenters. The average molecular weight is 868 g/mol. The zero-order chi connectivity index (χ0) is 45.4. The number of hydrogen-bond acceptors (Lipinski definition) is 11. The second-order valence-electron chi connectivity index (χ2n) is 18.0. The summed E-state index contributed by atoms with van der Waals surface area (Å²) < 4.78 is 29.0. The van der Waals surface area contributed by atoms with E-state index >= 15 is 0 Å². The monoisotopic (exact) mass is 868 g/mol. The van der Waals surface area contributed by atoms with Gasteiger partial charge in [-0.25, -0.2) is 0 Å². The van der Waals surface area contributed by atoms with Crippen molar-refractivity contribution in [2.24, 2.45) is 17.3 Å². The van der Waals surface area contributed by atoms with Crippen LogP contribution in [0.25, 0.3) is 0 Å². The van der Waals surface area contributed by atoms with E-state index in [9.17, 15) is 24.0 Å². The van der Waals surface area contributed by atoms with Crippen molar-refractivity contribution in [1.82, 2.24) is 4.90 Å². The minimum atomic E-state index is -1.29. The summed E-state index contributed by atoms with van der Waals surface area (Å²) in [5.74, 6) is -1.41. The van der Waals surface area contributed by atoms with Crippen LogP contribution in [0.2, 0.25) is 0 Å². The lowest BCUT2D eigenvalue weighted by molar-refractivity contribution is -0.171. The molecule has 0 aromatic rings. The van der Waals surface area contributed by atoms with Gasteiger partial charge in [-0.15, -0.1) is 0 Å². The summed E-state index contributed by atoms with van der Waals surface area (Å²) in [7, 11) is 3.88. The van der Waals surface area contributed by atoms with Gasteiger partial charge in [-0.3, -0.25) is 24.0 Å². The first-order chi connectivity index (χ1) is 29.4. The molecule has 0 unspecified atom stereocenters. The highest BCUT2D eigenvalue weighted by atomic mass is 16.6. The molecular weight excluding hydrogens is 775 g/mol. The van der Waals surface area contributed by atoms with Crippen LogP contribution in [0.5, 0.6) is 0 Å². The second-order valence-corrected chi connectivity index (χ2v) is 18.0. The van der Waals surface area contributed by atoms with E-state index in [4.69, 9.17) is 23.7 Å². The number of rotatable bonds is 43. The molecule has 0 aliphatic rings. The van der Waals surface area contributed by atoms with Gasteiger partial charge in [-0.05, 0) is 83.8 Å². The van der Waals surface area contributed by atoms with Crippen LogP contribution in [-0.2, 0) is 47.7 Å². The third-order valence-corrected chi connectivity index (χ3v) is 11.4. The molecule has 358 valence electrons. The minimum absolute atomic E-state index is 0.125. The van der Waals surface area contributed by atoms with Gasteiger partial charge >= 0.3 is 29.8 Å². The molecule has 0 bridgehead atoms. The lowest BCUT2D eigenvalue weighted by Gasteiger charge is -2.32. The first-order valence-corrected chi connectivity index (χ1v) is 24.9. The number of ether oxygens (including phenoxy) is 5. The van der Waals surface area contributed by atoms with Crippen LogP contribution >= 0.6 is 0 Å². The molecule has 0 rings (SSSR count). The maximum atomic E-state index is 13.5. The molecule has 0 spiro atoms. The highest BCUT2D eigenvalue weighted by molar-refractivity contribution is 5.71. The molecule has 0 aromatic carbocycles. The van der Waals surface area contributed by atoms with Crippen LogP contribution in [0.15, 0.2) is 0 Å². The Balaban J connectivity index is 6.06. The predicted octanol–water partition coefficient (Wildman–Crippen LogP) is 11.9. The van der Waals surface area contributed by atoms with E-state index < -0.39 is 17.4 Å². The largest absolute Gasteiger partial charge is 0.466 e. The van der Waals surface area contributed by atoms with Crippen LogP contribution in [-0.4, -0.2) is 88.4 Å². The Morgan fingerprint density at radius 3 is 1.10 bits per heavy atom. The van der Waals surface area contributed by atoms with Crippen molar-refractivity contribution in [3.8, 4) is 0 Å². The van der Waals surface area contributed by atoms with E-state index in [0.717, 1.165) is 128 Å². The molecule has 0 fully saturated rings. The Labute approximate surface area is 373 Å². The van der Waals surface area contributed by atoms with Gasteiger partial charge < -0.3 is 28.6 Å². The van der Waals surface area contributed by atoms with Gasteiger partial charge in [-0.2, -0.15) is 0 Å². The molecule has 0 aliphatic carbocycles. The van der Waals surface area contributed by atoms with Gasteiger partial charge in [0.2, 0.25) is 0 Å². The van der Waals surface area contributed by atoms with Crippen molar-refractivity contribution in [2.75, 3.05) is 53.7 Å². The van der Waals surface area contributed by atoms with Gasteiger partial charge in [0.05, 0.1) is 6.61 Å². The zero-order valence-electron chi connectivity index (χ0n) is 40.4. The van der Waals surface area contributed by atoms with Crippen molar-refractivity contribution in [2.45, 2.75) is 221 Å². The van der Waals surface area contributed by atoms with Crippen molar-refractivity contribution < 1.29 is 47.7 Å². The standard InChI is InChI=1S/C50H93NO10/c1-8-13-18-26-36-57-45(52)32-24-19-25-33-46(53)58-39-50(40-59-47(54)34-27-35-51(6)7,41-60-48(55)37-43(28-20-14-9-2)29-21-15-10-3)42-61-49(56)38-44(30-22-16-11-4)31-23-17-12-5/h43-44H,8-42H2,1-7H3. The molecule has 11 heteroatoms. The van der Waals surface area contributed by atoms with Crippen molar-refractivity contribution >= 4 is 29.8 Å². The van der Waals surface area contributed by atoms with E-state index in [1.165, 1.54) is 0 Å². The minimum Gasteiger partial charge on any atom is -0.466 e. The number of esters is 5. The van der Waals surface area contributed by atoms with Crippen molar-refractivity contribution in [1.29, 1.82) is 0 Å². The summed E-state index contributed by atoms with van der Waals surface area (Å²) in [5.41, 5.74) is -1.29. The summed E-state index contributed by atoms with van der Waals surface area (Å²) in [6, 6.07) is 0. The highest BCUT2D eigenvalue weighted by Gasteiger charge is 2.38. The van der Waals surface area contributed by atoms with Crippen molar-refractivity contribution in [3.63, 3.8) is 0 Å². The predicted molar refractivity (Wildman–Crippen MR) is 245 cm³/mol. The number of nitrogens with zero attached hydrogens (tertiary/aromatic N) is 1. The fourth-order valence-corrected chi connectivity index (χ4v) is 7.39. The van der Waals surface area contributed by atoms with Gasteiger partial charge in [-0.1, -0.05) is 137 Å². The van der Waals surface area contributed by atoms with E-state index in [1.807, 2.05) is 19.0 Å². The summed E-state index contributed by atoms with van der Waals surface area (Å²) in [5, 5.41) is 0. The smallest absolute Gasteiger partial charge is 0.306 e. The number of carbonyl (C=O) groups excluding carboxylic acids is 5. The molecule has 61 heavy (non-hydrogen) atoms. The maximum Gasteiger partial charge on any atom is 0.306 e. The van der Waals surface area contributed by atoms with Gasteiger partial charge in [0.15, 0.2) is 0 Å². The zero-order valence-corrected chi connectivity index (χ0v) is 40.4. The first-order valence-electron chi connectivity index (χ1n) is 24.9. The normalized spacial score (nSPS) is 11.6. The van der Waals surface area contributed by atoms with Crippen LogP contribution < -0.4 is 0 Å². The highest BCUT2D eigenvalue weighted by Crippen LogP contribution is 2.27. The molecule has 0 aliphatic heterocycles. The second kappa shape index (κ2) is 40.1. The SMILES string of the molecule is CCCCCCOC(=O)CCCCCC(=O)OCC(COC(=O)CCCN(C)C)(COC(=O)CC(CCCCC)CCCCC)COC(=O)CC(CCCCC)CCCCC. The fourth-order valence-electron chi connectivity index (χ4n) is 7.39. The van der Waals surface area contributed by atoms with E-state index in [0.29, 0.717) is 45.3 Å². The third kappa shape index (κ3) is 35.5. The number of hydrogen-bond donors (Lipinski definition) is 0. The van der Waals surface area contributed by atoms with Gasteiger partial charge in [0, 0.05) is 32.1 Å². The Morgan fingerprint density at radius 2 is 0.721 bits per heavy atom. The van der Waals surface area contributed by atoms with E-state index in [1.54, 1.807) is 0 Å². The summed E-state index contributed by atoms with van der Waals surface area (Å²) in [6.07, 6.45) is 24.6. The Hall–Kier alpha value is -2.69. The summed E-state index contributed by atoms with van der Waals surface area (Å²) in [4.78, 5) is 67.4. The first kappa shape index (κ1) is 58.3. The summed E-state index contributed by atoms with van der Waals surface area (Å²) in [6.45, 7) is 11.0. The van der Waals surface area contributed by atoms with Gasteiger partial charge in [0.1, 0.15) is 31.8 Å². The lowest BCUT2D eigenvalue weighted by Crippen LogP contribution is -2.44. The van der Waals surface area contributed by atoms with E-state index in [-0.39, 0.29) is 81.9 Å².